The molecule has 1 unspecified atom stereocenters. The summed E-state index contributed by atoms with van der Waals surface area (Å²) in [5.74, 6) is -1.79. The summed E-state index contributed by atoms with van der Waals surface area (Å²) in [6, 6.07) is 18.7. The lowest BCUT2D eigenvalue weighted by Crippen LogP contribution is -2.44. The molecule has 2 aliphatic rings. The fraction of sp³-hybridized carbons (Fsp3) is 0.160. The number of alkyl halides is 3. The lowest BCUT2D eigenvalue weighted by Gasteiger charge is -2.28. The van der Waals surface area contributed by atoms with Crippen molar-refractivity contribution in [2.75, 3.05) is 0 Å². The normalized spacial score (nSPS) is 19.4. The highest BCUT2D eigenvalue weighted by atomic mass is 32.2. The minimum atomic E-state index is -4.55. The van der Waals surface area contributed by atoms with Crippen molar-refractivity contribution in [3.63, 3.8) is 0 Å². The van der Waals surface area contributed by atoms with Gasteiger partial charge in [-0.05, 0) is 36.1 Å². The predicted molar refractivity (Wildman–Crippen MR) is 117 cm³/mol. The van der Waals surface area contributed by atoms with Gasteiger partial charge in [0.2, 0.25) is 0 Å². The maximum absolute atomic E-state index is 13.6. The van der Waals surface area contributed by atoms with Crippen LogP contribution in [0.1, 0.15) is 48.9 Å². The molecule has 32 heavy (non-hydrogen) atoms. The Morgan fingerprint density at radius 3 is 2.09 bits per heavy atom. The number of hydrogen-bond acceptors (Lipinski definition) is 4. The van der Waals surface area contributed by atoms with E-state index in [-0.39, 0.29) is 16.7 Å². The number of fused-ring (bicyclic) bond motifs is 1. The zero-order valence-electron chi connectivity index (χ0n) is 16.8. The van der Waals surface area contributed by atoms with Gasteiger partial charge in [-0.1, -0.05) is 72.3 Å². The van der Waals surface area contributed by atoms with E-state index in [1.54, 1.807) is 24.3 Å². The van der Waals surface area contributed by atoms with Crippen molar-refractivity contribution in [2.45, 2.75) is 23.8 Å². The number of hydrogen-bond donors (Lipinski definition) is 0. The van der Waals surface area contributed by atoms with Crippen LogP contribution in [0, 0.1) is 6.92 Å². The van der Waals surface area contributed by atoms with Gasteiger partial charge in [0, 0.05) is 11.1 Å². The van der Waals surface area contributed by atoms with Crippen molar-refractivity contribution < 1.29 is 22.8 Å². The summed E-state index contributed by atoms with van der Waals surface area (Å²) >= 11 is 0.856. The molecule has 5 rings (SSSR count). The Bertz CT molecular complexity index is 1260. The van der Waals surface area contributed by atoms with Gasteiger partial charge in [-0.2, -0.15) is 13.2 Å². The number of carbonyl (C=O) groups is 2. The zero-order valence-corrected chi connectivity index (χ0v) is 17.6. The smallest absolute Gasteiger partial charge is 0.292 e. The Morgan fingerprint density at radius 1 is 0.875 bits per heavy atom. The Balaban J connectivity index is 1.72. The van der Waals surface area contributed by atoms with E-state index >= 15 is 0 Å². The first-order chi connectivity index (χ1) is 15.2. The number of benzene rings is 3. The van der Waals surface area contributed by atoms with Crippen molar-refractivity contribution in [1.82, 2.24) is 0 Å². The summed E-state index contributed by atoms with van der Waals surface area (Å²) in [5.41, 5.74) is 2.05. The molecule has 160 valence electrons. The van der Waals surface area contributed by atoms with Crippen LogP contribution in [0.2, 0.25) is 0 Å². The summed E-state index contributed by atoms with van der Waals surface area (Å²) < 4.78 is 43.3. The molecule has 0 bridgehead atoms. The molecule has 0 radical (unpaired) electrons. The van der Waals surface area contributed by atoms with Crippen molar-refractivity contribution in [3.05, 3.63) is 106 Å². The summed E-state index contributed by atoms with van der Waals surface area (Å²) in [7, 11) is 0. The Morgan fingerprint density at radius 2 is 1.50 bits per heavy atom. The van der Waals surface area contributed by atoms with E-state index in [9.17, 15) is 22.8 Å². The van der Waals surface area contributed by atoms with Crippen LogP contribution in [-0.2, 0) is 6.18 Å². The average molecular weight is 451 g/mol. The van der Waals surface area contributed by atoms with Gasteiger partial charge in [-0.3, -0.25) is 9.59 Å². The van der Waals surface area contributed by atoms with Crippen LogP contribution in [0.5, 0.6) is 0 Å². The van der Waals surface area contributed by atoms with Crippen LogP contribution in [0.25, 0.3) is 0 Å². The molecule has 1 atom stereocenters. The molecule has 3 aromatic rings. The second-order valence-electron chi connectivity index (χ2n) is 7.93. The van der Waals surface area contributed by atoms with Crippen molar-refractivity contribution in [1.29, 1.82) is 0 Å². The summed E-state index contributed by atoms with van der Waals surface area (Å²) in [5, 5.41) is 0. The van der Waals surface area contributed by atoms with Gasteiger partial charge >= 0.3 is 6.18 Å². The molecular formula is C25H16F3NO2S. The lowest BCUT2D eigenvalue weighted by molar-refractivity contribution is -0.137. The quantitative estimate of drug-likeness (QED) is 0.351. The molecule has 1 spiro atoms. The van der Waals surface area contributed by atoms with E-state index < -0.39 is 34.0 Å². The number of rotatable bonds is 2. The first-order valence-corrected chi connectivity index (χ1v) is 10.7. The Labute approximate surface area is 186 Å². The summed E-state index contributed by atoms with van der Waals surface area (Å²) in [4.78, 5) is 27.2. The first kappa shape index (κ1) is 20.7. The van der Waals surface area contributed by atoms with Gasteiger partial charge in [0.1, 0.15) is 0 Å². The zero-order chi connectivity index (χ0) is 22.7. The van der Waals surface area contributed by atoms with E-state index in [1.165, 1.54) is 12.1 Å². The number of nitrogens with zero attached hydrogens (tertiary/aromatic N) is 1. The van der Waals surface area contributed by atoms with E-state index in [0.29, 0.717) is 11.3 Å². The average Bonchev–Trinajstić information content (AvgIpc) is 3.28. The number of Topliss-reactive ketones (excluding diaryl/α,β-unsaturated/α-hetero) is 2. The van der Waals surface area contributed by atoms with Crippen LogP contribution in [-0.4, -0.2) is 22.0 Å². The van der Waals surface area contributed by atoms with Gasteiger partial charge in [0.15, 0.2) is 16.3 Å². The fourth-order valence-electron chi connectivity index (χ4n) is 4.38. The first-order valence-electron chi connectivity index (χ1n) is 9.92. The Kier molecular flexibility index (Phi) is 4.64. The molecule has 0 N–H and O–H groups in total. The molecule has 1 aliphatic carbocycles. The maximum atomic E-state index is 13.6. The minimum absolute atomic E-state index is 0.235. The molecule has 0 saturated carbocycles. The number of halogens is 3. The summed E-state index contributed by atoms with van der Waals surface area (Å²) in [6.45, 7) is 1.92. The molecule has 0 aromatic heterocycles. The molecule has 0 amide bonds. The van der Waals surface area contributed by atoms with Gasteiger partial charge in [-0.15, -0.1) is 0 Å². The maximum Gasteiger partial charge on any atom is 0.416 e. The second kappa shape index (κ2) is 7.17. The van der Waals surface area contributed by atoms with Crippen LogP contribution in [0.15, 0.2) is 77.2 Å². The van der Waals surface area contributed by atoms with E-state index in [1.807, 2.05) is 31.2 Å². The van der Waals surface area contributed by atoms with Crippen molar-refractivity contribution in [3.8, 4) is 0 Å². The number of ketones is 2. The molecule has 1 heterocycles. The highest BCUT2D eigenvalue weighted by Gasteiger charge is 2.63. The Hall–Kier alpha value is -3.19. The van der Waals surface area contributed by atoms with Crippen LogP contribution in [0.4, 0.5) is 13.2 Å². The van der Waals surface area contributed by atoms with Crippen LogP contribution in [0.3, 0.4) is 0 Å². The van der Waals surface area contributed by atoms with Gasteiger partial charge < -0.3 is 0 Å². The van der Waals surface area contributed by atoms with Crippen molar-refractivity contribution >= 4 is 29.2 Å². The lowest BCUT2D eigenvalue weighted by atomic mass is 9.76. The minimum Gasteiger partial charge on any atom is -0.292 e. The van der Waals surface area contributed by atoms with Crippen LogP contribution >= 0.6 is 11.9 Å². The SMILES string of the molecule is Cc1ccc(C2=NSC3(C(=O)c4ccccc4C3=O)C2c2cccc(C(F)(F)F)c2)cc1. The predicted octanol–water partition coefficient (Wildman–Crippen LogP) is 6.07. The molecule has 3 aromatic carbocycles. The highest BCUT2D eigenvalue weighted by Crippen LogP contribution is 2.55. The molecule has 7 heteroatoms. The largest absolute Gasteiger partial charge is 0.416 e. The monoisotopic (exact) mass is 451 g/mol. The van der Waals surface area contributed by atoms with E-state index in [0.717, 1.165) is 29.6 Å². The van der Waals surface area contributed by atoms with Gasteiger partial charge in [0.05, 0.1) is 17.2 Å². The van der Waals surface area contributed by atoms with Gasteiger partial charge in [-0.25, -0.2) is 4.40 Å². The van der Waals surface area contributed by atoms with E-state index in [2.05, 4.69) is 4.40 Å². The van der Waals surface area contributed by atoms with Crippen molar-refractivity contribution in [2.24, 2.45) is 4.40 Å². The molecule has 0 saturated heterocycles. The third kappa shape index (κ3) is 2.95. The molecule has 1 aliphatic heterocycles. The highest BCUT2D eigenvalue weighted by molar-refractivity contribution is 8.01. The number of carbonyl (C=O) groups excluding carboxylic acids is 2. The molecular weight excluding hydrogens is 435 g/mol. The van der Waals surface area contributed by atoms with Gasteiger partial charge in [0.25, 0.3) is 0 Å². The third-order valence-electron chi connectivity index (χ3n) is 5.95. The fourth-order valence-corrected chi connectivity index (χ4v) is 5.57. The number of aryl methyl sites for hydroxylation is 1. The molecule has 0 fully saturated rings. The van der Waals surface area contributed by atoms with E-state index in [4.69, 9.17) is 0 Å². The standard InChI is InChI=1S/C25H16F3NO2S/c1-14-9-11-15(12-10-14)21-20(16-5-4-6-17(13-16)25(26,27)28)24(32-29-21)22(30)18-7-2-3-8-19(18)23(24)31/h2-13,20H,1H3. The molecule has 3 nitrogen and oxygen atoms in total. The second-order valence-corrected chi connectivity index (χ2v) is 8.94. The topological polar surface area (TPSA) is 46.5 Å². The van der Waals surface area contributed by atoms with Crippen LogP contribution < -0.4 is 0 Å². The summed E-state index contributed by atoms with van der Waals surface area (Å²) in [6.07, 6.45) is -4.55. The third-order valence-corrected chi connectivity index (χ3v) is 7.14.